The zero-order chi connectivity index (χ0) is 12.2. The van der Waals surface area contributed by atoms with Crippen LogP contribution >= 0.6 is 0 Å². The first kappa shape index (κ1) is 15.9. The first-order valence-corrected chi connectivity index (χ1v) is 5.13. The highest BCUT2D eigenvalue weighted by Crippen LogP contribution is 2.07. The van der Waals surface area contributed by atoms with Crippen LogP contribution in [0.5, 0.6) is 0 Å². The molecule has 96 valence electrons. The summed E-state index contributed by atoms with van der Waals surface area (Å²) in [5, 5.41) is 20.9. The van der Waals surface area contributed by atoms with Gasteiger partial charge in [0.2, 0.25) is 0 Å². The van der Waals surface area contributed by atoms with Crippen molar-refractivity contribution in [1.29, 1.82) is 0 Å². The normalized spacial score (nSPS) is 10.8. The van der Waals surface area contributed by atoms with Crippen LogP contribution in [0.4, 0.5) is 0 Å². The molecule has 0 aliphatic rings. The van der Waals surface area contributed by atoms with E-state index < -0.39 is 5.97 Å². The molecule has 0 aliphatic carbocycles. The van der Waals surface area contributed by atoms with Crippen LogP contribution in [0.1, 0.15) is 29.8 Å². The van der Waals surface area contributed by atoms with Gasteiger partial charge < -0.3 is 27.9 Å². The van der Waals surface area contributed by atoms with Gasteiger partial charge in [-0.25, -0.2) is 4.79 Å². The summed E-state index contributed by atoms with van der Waals surface area (Å²) >= 11 is 0. The van der Waals surface area contributed by atoms with Crippen molar-refractivity contribution >= 4 is 5.97 Å². The molecule has 4 nitrogen and oxygen atoms in total. The highest BCUT2D eigenvalue weighted by molar-refractivity contribution is 5.87. The first-order valence-electron chi connectivity index (χ1n) is 5.13. The van der Waals surface area contributed by atoms with Gasteiger partial charge in [0.1, 0.15) is 0 Å². The van der Waals surface area contributed by atoms with Crippen LogP contribution in [0.25, 0.3) is 0 Å². The summed E-state index contributed by atoms with van der Waals surface area (Å²) in [6.07, 6.45) is 0. The highest BCUT2D eigenvalue weighted by Gasteiger charge is 2.14. The number of halogens is 1. The maximum Gasteiger partial charge on any atom is 0.335 e. The molecule has 0 atom stereocenters. The number of hydrogen-bond donors (Lipinski definition) is 3. The monoisotopic (exact) mass is 258 g/mol. The molecule has 0 radical (unpaired) electrons. The Morgan fingerprint density at radius 2 is 1.82 bits per heavy atom. The first-order chi connectivity index (χ1) is 7.44. The molecule has 0 fully saturated rings. The highest BCUT2D eigenvalue weighted by atomic mass is 35.5. The van der Waals surface area contributed by atoms with E-state index in [9.17, 15) is 4.79 Å². The Morgan fingerprint density at radius 1 is 1.29 bits per heavy atom. The van der Waals surface area contributed by atoms with Crippen molar-refractivity contribution in [1.82, 2.24) is 5.32 Å². The van der Waals surface area contributed by atoms with Gasteiger partial charge in [-0.15, -0.1) is 0 Å². The standard InChI is InChI=1S/C12H17NO3.ClH/c1-12(2,8-14)13-7-9-3-5-10(6-4-9)11(15)16;/h3-6,13-14H,7-8H2,1-2H3,(H,15,16);1H/p-1. The molecule has 0 saturated heterocycles. The lowest BCUT2D eigenvalue weighted by molar-refractivity contribution is -0.0000199. The molecule has 1 aromatic carbocycles. The summed E-state index contributed by atoms with van der Waals surface area (Å²) in [7, 11) is 0. The van der Waals surface area contributed by atoms with Gasteiger partial charge in [0.05, 0.1) is 12.2 Å². The van der Waals surface area contributed by atoms with Gasteiger partial charge >= 0.3 is 5.97 Å². The number of carbonyl (C=O) groups is 1. The number of aromatic carboxylic acids is 1. The molecule has 0 amide bonds. The van der Waals surface area contributed by atoms with Gasteiger partial charge in [-0.2, -0.15) is 0 Å². The topological polar surface area (TPSA) is 69.6 Å². The summed E-state index contributed by atoms with van der Waals surface area (Å²) in [6, 6.07) is 6.68. The molecule has 3 N–H and O–H groups in total. The number of aliphatic hydroxyl groups is 1. The molecule has 0 spiro atoms. The van der Waals surface area contributed by atoms with Crippen molar-refractivity contribution < 1.29 is 27.4 Å². The minimum absolute atomic E-state index is 0. The maximum absolute atomic E-state index is 10.6. The Kier molecular flexibility index (Phi) is 6.16. The molecule has 0 aliphatic heterocycles. The summed E-state index contributed by atoms with van der Waals surface area (Å²) in [6.45, 7) is 4.46. The number of carboxylic acids is 1. The average molecular weight is 259 g/mol. The molecule has 0 saturated carbocycles. The Labute approximate surface area is 107 Å². The van der Waals surface area contributed by atoms with E-state index in [2.05, 4.69) is 5.32 Å². The number of rotatable bonds is 5. The predicted molar refractivity (Wildman–Crippen MR) is 61.4 cm³/mol. The van der Waals surface area contributed by atoms with Gasteiger partial charge in [-0.3, -0.25) is 0 Å². The third-order valence-corrected chi connectivity index (χ3v) is 2.37. The van der Waals surface area contributed by atoms with E-state index in [0.717, 1.165) is 5.56 Å². The van der Waals surface area contributed by atoms with Crippen LogP contribution < -0.4 is 17.7 Å². The minimum atomic E-state index is -0.921. The fraction of sp³-hybridized carbons (Fsp3) is 0.417. The van der Waals surface area contributed by atoms with Crippen molar-refractivity contribution in [3.63, 3.8) is 0 Å². The van der Waals surface area contributed by atoms with Gasteiger partial charge in [0.15, 0.2) is 0 Å². The summed E-state index contributed by atoms with van der Waals surface area (Å²) in [5.41, 5.74) is 0.947. The molecule has 0 unspecified atom stereocenters. The Bertz CT molecular complexity index is 363. The Morgan fingerprint density at radius 3 is 2.24 bits per heavy atom. The smallest absolute Gasteiger partial charge is 0.335 e. The molecule has 17 heavy (non-hydrogen) atoms. The van der Waals surface area contributed by atoms with E-state index in [1.54, 1.807) is 24.3 Å². The van der Waals surface area contributed by atoms with E-state index >= 15 is 0 Å². The fourth-order valence-corrected chi connectivity index (χ4v) is 1.16. The zero-order valence-electron chi connectivity index (χ0n) is 9.90. The number of aliphatic hydroxyl groups excluding tert-OH is 1. The lowest BCUT2D eigenvalue weighted by atomic mass is 10.1. The molecule has 0 heterocycles. The number of hydrogen-bond acceptors (Lipinski definition) is 3. The maximum atomic E-state index is 10.6. The van der Waals surface area contributed by atoms with Crippen molar-refractivity contribution in [2.75, 3.05) is 6.61 Å². The minimum Gasteiger partial charge on any atom is -1.00 e. The van der Waals surface area contributed by atoms with Crippen molar-refractivity contribution in [2.24, 2.45) is 0 Å². The lowest BCUT2D eigenvalue weighted by Crippen LogP contribution is -3.00. The Balaban J connectivity index is 0.00000256. The van der Waals surface area contributed by atoms with Crippen LogP contribution in [0.15, 0.2) is 24.3 Å². The predicted octanol–water partition coefficient (Wildman–Crippen LogP) is -1.75. The van der Waals surface area contributed by atoms with Gasteiger partial charge in [0, 0.05) is 12.1 Å². The second-order valence-electron chi connectivity index (χ2n) is 4.40. The summed E-state index contributed by atoms with van der Waals surface area (Å²) < 4.78 is 0. The van der Waals surface area contributed by atoms with Crippen molar-refractivity contribution in [3.05, 3.63) is 35.4 Å². The van der Waals surface area contributed by atoms with Crippen molar-refractivity contribution in [2.45, 2.75) is 25.9 Å². The van der Waals surface area contributed by atoms with E-state index in [4.69, 9.17) is 10.2 Å². The van der Waals surface area contributed by atoms with Crippen LogP contribution in [0.3, 0.4) is 0 Å². The van der Waals surface area contributed by atoms with E-state index in [0.29, 0.717) is 6.54 Å². The lowest BCUT2D eigenvalue weighted by Gasteiger charge is -2.23. The van der Waals surface area contributed by atoms with Gasteiger partial charge in [-0.05, 0) is 31.5 Å². The van der Waals surface area contributed by atoms with E-state index in [1.807, 2.05) is 13.8 Å². The van der Waals surface area contributed by atoms with E-state index in [-0.39, 0.29) is 30.1 Å². The summed E-state index contributed by atoms with van der Waals surface area (Å²) in [5.74, 6) is -0.921. The third-order valence-electron chi connectivity index (χ3n) is 2.37. The fourth-order valence-electron chi connectivity index (χ4n) is 1.16. The molecule has 5 heteroatoms. The second-order valence-corrected chi connectivity index (χ2v) is 4.40. The molecule has 0 bridgehead atoms. The number of benzene rings is 1. The molecular weight excluding hydrogens is 242 g/mol. The molecular formula is C12H17ClNO3-. The number of nitrogens with one attached hydrogen (secondary N) is 1. The third kappa shape index (κ3) is 5.17. The molecule has 0 aromatic heterocycles. The zero-order valence-corrected chi connectivity index (χ0v) is 10.7. The van der Waals surface area contributed by atoms with Gasteiger partial charge in [-0.1, -0.05) is 12.1 Å². The van der Waals surface area contributed by atoms with Crippen LogP contribution in [-0.4, -0.2) is 28.3 Å². The van der Waals surface area contributed by atoms with Crippen LogP contribution in [0.2, 0.25) is 0 Å². The van der Waals surface area contributed by atoms with Crippen molar-refractivity contribution in [3.8, 4) is 0 Å². The largest absolute Gasteiger partial charge is 1.00 e. The van der Waals surface area contributed by atoms with Gasteiger partial charge in [0.25, 0.3) is 0 Å². The quantitative estimate of drug-likeness (QED) is 0.586. The number of carboxylic acid groups (broad SMARTS) is 1. The van der Waals surface area contributed by atoms with Crippen LogP contribution in [0, 0.1) is 0 Å². The average Bonchev–Trinajstić information content (AvgIpc) is 2.27. The molecule has 1 rings (SSSR count). The SMILES string of the molecule is CC(C)(CO)NCc1ccc(C(=O)O)cc1.[Cl-]. The molecule has 1 aromatic rings. The summed E-state index contributed by atoms with van der Waals surface area (Å²) in [4.78, 5) is 10.6. The van der Waals surface area contributed by atoms with Crippen LogP contribution in [-0.2, 0) is 6.54 Å². The second kappa shape index (κ2) is 6.59. The van der Waals surface area contributed by atoms with E-state index in [1.165, 1.54) is 0 Å². The Hall–Kier alpha value is -1.10.